The topological polar surface area (TPSA) is 108 Å². The Hall–Kier alpha value is -2.36. The minimum atomic E-state index is -0.685. The minimum absolute atomic E-state index is 0.0273. The summed E-state index contributed by atoms with van der Waals surface area (Å²) in [5, 5.41) is 11.6. The molecule has 0 radical (unpaired) electrons. The highest BCUT2D eigenvalue weighted by atomic mass is 16.2. The summed E-state index contributed by atoms with van der Waals surface area (Å²) in [5.41, 5.74) is -1.36. The van der Waals surface area contributed by atoms with Crippen molar-refractivity contribution in [1.29, 1.82) is 5.26 Å². The van der Waals surface area contributed by atoms with Crippen molar-refractivity contribution in [3.05, 3.63) is 32.6 Å². The molecule has 0 bridgehead atoms. The maximum absolute atomic E-state index is 11.5. The molecule has 19 heavy (non-hydrogen) atoms. The number of rotatable bonds is 5. The summed E-state index contributed by atoms with van der Waals surface area (Å²) in [7, 11) is 0. The zero-order chi connectivity index (χ0) is 13.8. The number of aromatic nitrogens is 2. The normalized spacial score (nSPS) is 13.8. The lowest BCUT2D eigenvalue weighted by Gasteiger charge is -2.05. The quantitative estimate of drug-likeness (QED) is 0.743. The lowest BCUT2D eigenvalue weighted by atomic mass is 10.3. The second-order valence-electron chi connectivity index (χ2n) is 4.55. The van der Waals surface area contributed by atoms with Crippen molar-refractivity contribution in [3.63, 3.8) is 0 Å². The highest BCUT2D eigenvalue weighted by molar-refractivity contribution is 5.76. The zero-order valence-electron chi connectivity index (χ0n) is 10.3. The predicted octanol–water partition coefficient (Wildman–Crippen LogP) is -0.533. The first-order valence-electron chi connectivity index (χ1n) is 6.13. The van der Waals surface area contributed by atoms with Gasteiger partial charge in [-0.05, 0) is 19.3 Å². The minimum Gasteiger partial charge on any atom is -0.353 e. The van der Waals surface area contributed by atoms with Crippen LogP contribution in [0.5, 0.6) is 0 Å². The highest BCUT2D eigenvalue weighted by Gasteiger charge is 2.22. The van der Waals surface area contributed by atoms with Crippen LogP contribution in [-0.4, -0.2) is 21.5 Å². The smallest absolute Gasteiger partial charge is 0.328 e. The van der Waals surface area contributed by atoms with Gasteiger partial charge < -0.3 is 5.32 Å². The number of carbonyl (C=O) groups excluding carboxylic acids is 1. The van der Waals surface area contributed by atoms with Crippen molar-refractivity contribution in [2.45, 2.75) is 38.3 Å². The first-order chi connectivity index (χ1) is 9.10. The molecule has 7 heteroatoms. The van der Waals surface area contributed by atoms with Crippen molar-refractivity contribution in [1.82, 2.24) is 14.9 Å². The van der Waals surface area contributed by atoms with Crippen molar-refractivity contribution in [2.75, 3.05) is 0 Å². The summed E-state index contributed by atoms with van der Waals surface area (Å²) in [6, 6.07) is 2.04. The van der Waals surface area contributed by atoms with Gasteiger partial charge in [0.05, 0.1) is 0 Å². The molecule has 1 aromatic rings. The van der Waals surface area contributed by atoms with Crippen LogP contribution in [0.1, 0.15) is 31.2 Å². The molecule has 0 aliphatic heterocycles. The first kappa shape index (κ1) is 13.1. The molecule has 1 amide bonds. The Morgan fingerprint density at radius 3 is 2.89 bits per heavy atom. The summed E-state index contributed by atoms with van der Waals surface area (Å²) in [6.07, 6.45) is 4.10. The lowest BCUT2D eigenvalue weighted by molar-refractivity contribution is -0.121. The van der Waals surface area contributed by atoms with Crippen LogP contribution in [-0.2, 0) is 11.3 Å². The van der Waals surface area contributed by atoms with E-state index in [-0.39, 0.29) is 11.5 Å². The van der Waals surface area contributed by atoms with Gasteiger partial charge in [-0.1, -0.05) is 0 Å². The Morgan fingerprint density at radius 1 is 1.53 bits per heavy atom. The van der Waals surface area contributed by atoms with Gasteiger partial charge in [-0.2, -0.15) is 5.26 Å². The van der Waals surface area contributed by atoms with Crippen LogP contribution in [0.2, 0.25) is 0 Å². The van der Waals surface area contributed by atoms with Gasteiger partial charge in [0, 0.05) is 25.2 Å². The van der Waals surface area contributed by atoms with Crippen LogP contribution in [0.4, 0.5) is 0 Å². The van der Waals surface area contributed by atoms with E-state index in [4.69, 9.17) is 5.26 Å². The molecule has 0 atom stereocenters. The highest BCUT2D eigenvalue weighted by Crippen LogP contribution is 2.18. The van der Waals surface area contributed by atoms with Crippen molar-refractivity contribution < 1.29 is 4.79 Å². The molecule has 0 saturated heterocycles. The fourth-order valence-electron chi connectivity index (χ4n) is 1.69. The van der Waals surface area contributed by atoms with E-state index < -0.39 is 11.2 Å². The van der Waals surface area contributed by atoms with E-state index in [0.29, 0.717) is 25.4 Å². The number of nitrogens with zero attached hydrogens (tertiary/aromatic N) is 2. The molecule has 1 saturated carbocycles. The fraction of sp³-hybridized carbons (Fsp3) is 0.500. The molecule has 2 N–H and O–H groups in total. The summed E-state index contributed by atoms with van der Waals surface area (Å²) in [4.78, 5) is 36.2. The van der Waals surface area contributed by atoms with Crippen molar-refractivity contribution in [3.8, 4) is 6.07 Å². The van der Waals surface area contributed by atoms with Crippen LogP contribution in [0.25, 0.3) is 0 Å². The standard InChI is InChI=1S/C12H14N4O3/c13-6-8-7-16(12(19)15-11(8)18)5-1-2-10(17)14-9-3-4-9/h7,9H,1-5H2,(H,14,17)(H,15,18,19). The third kappa shape index (κ3) is 3.55. The number of H-pyrrole nitrogens is 1. The average molecular weight is 262 g/mol. The molecule has 1 heterocycles. The van der Waals surface area contributed by atoms with Gasteiger partial charge in [-0.15, -0.1) is 0 Å². The van der Waals surface area contributed by atoms with E-state index in [2.05, 4.69) is 10.3 Å². The number of aryl methyl sites for hydroxylation is 1. The van der Waals surface area contributed by atoms with E-state index in [1.54, 1.807) is 6.07 Å². The Balaban J connectivity index is 1.92. The van der Waals surface area contributed by atoms with E-state index in [9.17, 15) is 14.4 Å². The number of hydrogen-bond acceptors (Lipinski definition) is 4. The molecule has 7 nitrogen and oxygen atoms in total. The monoisotopic (exact) mass is 262 g/mol. The van der Waals surface area contributed by atoms with Gasteiger partial charge in [-0.3, -0.25) is 19.1 Å². The number of amides is 1. The average Bonchev–Trinajstić information content (AvgIpc) is 3.15. The van der Waals surface area contributed by atoms with Gasteiger partial charge >= 0.3 is 5.69 Å². The van der Waals surface area contributed by atoms with Crippen molar-refractivity contribution in [2.24, 2.45) is 0 Å². The van der Waals surface area contributed by atoms with Gasteiger partial charge in [0.15, 0.2) is 0 Å². The Morgan fingerprint density at radius 2 is 2.26 bits per heavy atom. The van der Waals surface area contributed by atoms with E-state index in [1.165, 1.54) is 10.8 Å². The van der Waals surface area contributed by atoms with Crippen LogP contribution < -0.4 is 16.6 Å². The molecular formula is C12H14N4O3. The summed E-state index contributed by atoms with van der Waals surface area (Å²) in [5.74, 6) is -0.0273. The summed E-state index contributed by atoms with van der Waals surface area (Å²) >= 11 is 0. The molecule has 2 rings (SSSR count). The fourth-order valence-corrected chi connectivity index (χ4v) is 1.69. The molecule has 1 aliphatic rings. The summed E-state index contributed by atoms with van der Waals surface area (Å²) < 4.78 is 1.24. The van der Waals surface area contributed by atoms with E-state index >= 15 is 0 Å². The SMILES string of the molecule is N#Cc1cn(CCCC(=O)NC2CC2)c(=O)[nH]c1=O. The van der Waals surface area contributed by atoms with E-state index in [1.807, 2.05) is 0 Å². The van der Waals surface area contributed by atoms with Gasteiger partial charge in [0.2, 0.25) is 5.91 Å². The summed E-state index contributed by atoms with van der Waals surface area (Å²) in [6.45, 7) is 0.294. The number of nitrogens with one attached hydrogen (secondary N) is 2. The van der Waals surface area contributed by atoms with Crippen LogP contribution >= 0.6 is 0 Å². The Kier molecular flexibility index (Phi) is 3.80. The Bertz CT molecular complexity index is 634. The third-order valence-electron chi connectivity index (χ3n) is 2.88. The van der Waals surface area contributed by atoms with E-state index in [0.717, 1.165) is 12.8 Å². The van der Waals surface area contributed by atoms with Crippen molar-refractivity contribution >= 4 is 5.91 Å². The van der Waals surface area contributed by atoms with Crippen LogP contribution in [0.15, 0.2) is 15.8 Å². The molecular weight excluding hydrogens is 248 g/mol. The largest absolute Gasteiger partial charge is 0.353 e. The number of hydrogen-bond donors (Lipinski definition) is 2. The zero-order valence-corrected chi connectivity index (χ0v) is 10.3. The maximum Gasteiger partial charge on any atom is 0.328 e. The third-order valence-corrected chi connectivity index (χ3v) is 2.88. The molecule has 1 fully saturated rings. The Labute approximate surface area is 108 Å². The van der Waals surface area contributed by atoms with Crippen LogP contribution in [0, 0.1) is 11.3 Å². The van der Waals surface area contributed by atoms with Crippen LogP contribution in [0.3, 0.4) is 0 Å². The predicted molar refractivity (Wildman–Crippen MR) is 66.4 cm³/mol. The molecule has 1 aromatic heterocycles. The molecule has 0 aromatic carbocycles. The molecule has 1 aliphatic carbocycles. The maximum atomic E-state index is 11.5. The van der Waals surface area contributed by atoms with Gasteiger partial charge in [0.25, 0.3) is 5.56 Å². The van der Waals surface area contributed by atoms with Gasteiger partial charge in [0.1, 0.15) is 11.6 Å². The number of nitriles is 1. The van der Waals surface area contributed by atoms with Gasteiger partial charge in [-0.25, -0.2) is 4.79 Å². The lowest BCUT2D eigenvalue weighted by Crippen LogP contribution is -2.31. The second kappa shape index (κ2) is 5.52. The second-order valence-corrected chi connectivity index (χ2v) is 4.55. The number of aromatic amines is 1. The molecule has 0 unspecified atom stereocenters. The molecule has 0 spiro atoms. The number of carbonyl (C=O) groups is 1. The first-order valence-corrected chi connectivity index (χ1v) is 6.13. The molecule has 100 valence electrons.